The Kier molecular flexibility index (Phi) is 3.22. The number of likely N-dealkylation sites (tertiary alicyclic amines) is 1. The van der Waals surface area contributed by atoms with Gasteiger partial charge in [-0.05, 0) is 30.5 Å². The molecule has 4 heteroatoms. The van der Waals surface area contributed by atoms with Gasteiger partial charge in [0.15, 0.2) is 5.78 Å². The second-order valence-electron chi connectivity index (χ2n) is 7.22. The van der Waals surface area contributed by atoms with E-state index in [9.17, 15) is 10.0 Å². The van der Waals surface area contributed by atoms with Crippen molar-refractivity contribution in [1.29, 1.82) is 0 Å². The molecule has 2 heterocycles. The number of ketones is 1. The van der Waals surface area contributed by atoms with Crippen LogP contribution in [0.3, 0.4) is 0 Å². The largest absolute Gasteiger partial charge is 0.633 e. The Labute approximate surface area is 136 Å². The number of carbonyl (C=O) groups excluding carboxylic acids is 1. The highest BCUT2D eigenvalue weighted by atomic mass is 16.5. The van der Waals surface area contributed by atoms with Crippen LogP contribution in [0, 0.1) is 17.0 Å². The minimum Gasteiger partial charge on any atom is -0.633 e. The van der Waals surface area contributed by atoms with Crippen molar-refractivity contribution < 1.29 is 9.44 Å². The zero-order chi connectivity index (χ0) is 16.2. The van der Waals surface area contributed by atoms with Crippen LogP contribution in [0.4, 0.5) is 0 Å². The molecule has 0 bridgehead atoms. The molecule has 4 nitrogen and oxygen atoms in total. The first-order chi connectivity index (χ1) is 11.0. The number of hydrogen-bond donors (Lipinski definition) is 1. The SMILES string of the molecule is C/C=C1/C[N+](C)([O-])C[C@H]2Cc3c([nH]c4ccccc34)C(=O)C[C@@H]12. The van der Waals surface area contributed by atoms with Crippen LogP contribution in [0.2, 0.25) is 0 Å². The van der Waals surface area contributed by atoms with Crippen LogP contribution in [0.5, 0.6) is 0 Å². The lowest BCUT2D eigenvalue weighted by atomic mass is 9.77. The van der Waals surface area contributed by atoms with Gasteiger partial charge < -0.3 is 14.8 Å². The zero-order valence-corrected chi connectivity index (χ0v) is 13.6. The molecule has 1 fully saturated rings. The van der Waals surface area contributed by atoms with Crippen molar-refractivity contribution in [2.75, 3.05) is 20.1 Å². The summed E-state index contributed by atoms with van der Waals surface area (Å²) in [5.74, 6) is 0.638. The summed E-state index contributed by atoms with van der Waals surface area (Å²) in [6, 6.07) is 8.08. The molecule has 0 saturated carbocycles. The summed E-state index contributed by atoms with van der Waals surface area (Å²) in [5, 5.41) is 13.8. The molecule has 0 radical (unpaired) electrons. The van der Waals surface area contributed by atoms with Crippen LogP contribution in [0.25, 0.3) is 10.9 Å². The number of para-hydroxylation sites is 1. The van der Waals surface area contributed by atoms with Gasteiger partial charge in [-0.2, -0.15) is 0 Å². The fourth-order valence-corrected chi connectivity index (χ4v) is 4.52. The number of aromatic amines is 1. The average Bonchev–Trinajstić information content (AvgIpc) is 2.81. The molecule has 4 rings (SSSR count). The third-order valence-corrected chi connectivity index (χ3v) is 5.52. The highest BCUT2D eigenvalue weighted by molar-refractivity contribution is 6.03. The van der Waals surface area contributed by atoms with E-state index < -0.39 is 0 Å². The van der Waals surface area contributed by atoms with E-state index in [0.29, 0.717) is 19.5 Å². The van der Waals surface area contributed by atoms with Gasteiger partial charge in [-0.1, -0.05) is 24.3 Å². The van der Waals surface area contributed by atoms with Crippen LogP contribution in [0.15, 0.2) is 35.9 Å². The van der Waals surface area contributed by atoms with Gasteiger partial charge in [0.2, 0.25) is 0 Å². The first-order valence-corrected chi connectivity index (χ1v) is 8.32. The van der Waals surface area contributed by atoms with Gasteiger partial charge in [-0.25, -0.2) is 0 Å². The van der Waals surface area contributed by atoms with Gasteiger partial charge in [-0.15, -0.1) is 0 Å². The van der Waals surface area contributed by atoms with E-state index in [1.165, 1.54) is 0 Å². The average molecular weight is 310 g/mol. The molecule has 1 N–H and O–H groups in total. The second-order valence-corrected chi connectivity index (χ2v) is 7.22. The summed E-state index contributed by atoms with van der Waals surface area (Å²) in [5.41, 5.74) is 4.04. The predicted octanol–water partition coefficient (Wildman–Crippen LogP) is 3.43. The van der Waals surface area contributed by atoms with Crippen LogP contribution < -0.4 is 0 Å². The van der Waals surface area contributed by atoms with Gasteiger partial charge >= 0.3 is 0 Å². The molecular formula is C19H22N2O2. The van der Waals surface area contributed by atoms with Crippen LogP contribution in [-0.2, 0) is 6.42 Å². The molecule has 23 heavy (non-hydrogen) atoms. The Bertz CT molecular complexity index is 816. The minimum atomic E-state index is -0.229. The maximum absolute atomic E-state index is 12.8. The van der Waals surface area contributed by atoms with E-state index >= 15 is 0 Å². The van der Waals surface area contributed by atoms with E-state index in [4.69, 9.17) is 0 Å². The number of allylic oxidation sites excluding steroid dienone is 1. The van der Waals surface area contributed by atoms with Crippen LogP contribution in [0.1, 0.15) is 29.4 Å². The summed E-state index contributed by atoms with van der Waals surface area (Å²) in [6.07, 6.45) is 3.38. The monoisotopic (exact) mass is 310 g/mol. The van der Waals surface area contributed by atoms with Crippen molar-refractivity contribution in [3.8, 4) is 0 Å². The highest BCUT2D eigenvalue weighted by Crippen LogP contribution is 2.41. The lowest BCUT2D eigenvalue weighted by molar-refractivity contribution is -0.864. The van der Waals surface area contributed by atoms with Crippen LogP contribution in [-0.4, -0.2) is 35.6 Å². The lowest BCUT2D eigenvalue weighted by Crippen LogP contribution is -2.51. The summed E-state index contributed by atoms with van der Waals surface area (Å²) in [6.45, 7) is 3.09. The number of aromatic nitrogens is 1. The first kappa shape index (κ1) is 14.7. The Morgan fingerprint density at radius 1 is 1.30 bits per heavy atom. The molecule has 120 valence electrons. The summed E-state index contributed by atoms with van der Waals surface area (Å²) in [7, 11) is 1.75. The normalized spacial score (nSPS) is 32.7. The number of quaternary nitrogens is 1. The fraction of sp³-hybridized carbons (Fsp3) is 0.421. The number of likely N-dealkylation sites (N-methyl/N-ethyl adjacent to an activating group) is 1. The highest BCUT2D eigenvalue weighted by Gasteiger charge is 2.41. The van der Waals surface area contributed by atoms with E-state index in [0.717, 1.165) is 34.2 Å². The number of Topliss-reactive ketones (excluding diaryl/α,β-unsaturated/α-hetero) is 1. The minimum absolute atomic E-state index is 0.185. The standard InChI is InChI=1S/C19H22N2O2/c1-3-12-10-21(2,23)11-13-8-16-14-6-4-5-7-17(14)20-19(16)18(22)9-15(12)13/h3-7,13,15,20H,8-11H2,1-2H3/b12-3-/t13-,15+,21?/m1/s1. The summed E-state index contributed by atoms with van der Waals surface area (Å²) < 4.78 is -0.229. The maximum Gasteiger partial charge on any atom is 0.179 e. The Morgan fingerprint density at radius 3 is 2.87 bits per heavy atom. The van der Waals surface area contributed by atoms with Crippen molar-refractivity contribution in [1.82, 2.24) is 4.98 Å². The third-order valence-electron chi connectivity index (χ3n) is 5.52. The quantitative estimate of drug-likeness (QED) is 0.460. The van der Waals surface area contributed by atoms with E-state index in [2.05, 4.69) is 17.1 Å². The number of nitrogens with zero attached hydrogens (tertiary/aromatic N) is 1. The molecule has 2 aliphatic rings. The van der Waals surface area contributed by atoms with Gasteiger partial charge in [0, 0.05) is 29.2 Å². The summed E-state index contributed by atoms with van der Waals surface area (Å²) >= 11 is 0. The zero-order valence-electron chi connectivity index (χ0n) is 13.6. The van der Waals surface area contributed by atoms with Gasteiger partial charge in [0.1, 0.15) is 6.54 Å². The van der Waals surface area contributed by atoms with Crippen molar-refractivity contribution in [3.05, 3.63) is 52.4 Å². The lowest BCUT2D eigenvalue weighted by Gasteiger charge is -2.48. The van der Waals surface area contributed by atoms with Crippen molar-refractivity contribution in [3.63, 3.8) is 0 Å². The fourth-order valence-electron chi connectivity index (χ4n) is 4.52. The maximum atomic E-state index is 12.8. The number of benzene rings is 1. The molecule has 0 amide bonds. The van der Waals surface area contributed by atoms with Gasteiger partial charge in [0.25, 0.3) is 0 Å². The summed E-state index contributed by atoms with van der Waals surface area (Å²) in [4.78, 5) is 16.1. The first-order valence-electron chi connectivity index (χ1n) is 8.32. The molecule has 1 aliphatic carbocycles. The Morgan fingerprint density at radius 2 is 2.09 bits per heavy atom. The predicted molar refractivity (Wildman–Crippen MR) is 91.0 cm³/mol. The topological polar surface area (TPSA) is 55.9 Å². The van der Waals surface area contributed by atoms with Crippen LogP contribution >= 0.6 is 0 Å². The van der Waals surface area contributed by atoms with E-state index in [-0.39, 0.29) is 22.3 Å². The second kappa shape index (κ2) is 5.05. The molecular weight excluding hydrogens is 288 g/mol. The van der Waals surface area contributed by atoms with Crippen molar-refractivity contribution in [2.45, 2.75) is 19.8 Å². The molecule has 1 saturated heterocycles. The molecule has 2 aromatic rings. The number of piperidine rings is 1. The number of carbonyl (C=O) groups is 1. The van der Waals surface area contributed by atoms with Crippen molar-refractivity contribution in [2.24, 2.45) is 11.8 Å². The number of rotatable bonds is 0. The smallest absolute Gasteiger partial charge is 0.179 e. The van der Waals surface area contributed by atoms with Gasteiger partial charge in [0.05, 0.1) is 19.3 Å². The van der Waals surface area contributed by atoms with Gasteiger partial charge in [-0.3, -0.25) is 4.79 Å². The molecule has 1 aromatic carbocycles. The molecule has 1 aromatic heterocycles. The number of fused-ring (bicyclic) bond motifs is 4. The number of H-pyrrole nitrogens is 1. The molecule has 3 atom stereocenters. The van der Waals surface area contributed by atoms with Crippen molar-refractivity contribution >= 4 is 16.7 Å². The van der Waals surface area contributed by atoms with E-state index in [1.807, 2.05) is 25.1 Å². The number of nitrogens with one attached hydrogen (secondary N) is 1. The number of hydroxylamine groups is 3. The Hall–Kier alpha value is -1.91. The number of hydrogen-bond acceptors (Lipinski definition) is 2. The molecule has 0 spiro atoms. The molecule has 1 aliphatic heterocycles. The van der Waals surface area contributed by atoms with E-state index in [1.54, 1.807) is 7.05 Å². The molecule has 1 unspecified atom stereocenters. The Balaban J connectivity index is 1.83. The third kappa shape index (κ3) is 2.33.